The molecule has 0 bridgehead atoms. The minimum absolute atomic E-state index is 0. The van der Waals surface area contributed by atoms with Gasteiger partial charge in [0.15, 0.2) is 17.8 Å². The minimum Gasteiger partial charge on any atom is -0.490 e. The van der Waals surface area contributed by atoms with Crippen LogP contribution in [0.4, 0.5) is 0 Å². The second kappa shape index (κ2) is 9.10. The molecule has 0 atom stereocenters. The van der Waals surface area contributed by atoms with Gasteiger partial charge >= 0.3 is 0 Å². The smallest absolute Gasteiger partial charge is 0.225 e. The summed E-state index contributed by atoms with van der Waals surface area (Å²) in [5.74, 6) is 0.559. The highest BCUT2D eigenvalue weighted by Gasteiger charge is 2.10. The Morgan fingerprint density at radius 3 is 2.21 bits per heavy atom. The molecule has 0 aromatic heterocycles. The maximum Gasteiger partial charge on any atom is 0.225 e. The molecule has 0 aliphatic rings. The van der Waals surface area contributed by atoms with E-state index in [1.54, 1.807) is 18.2 Å². The van der Waals surface area contributed by atoms with Gasteiger partial charge in [0.25, 0.3) is 0 Å². The summed E-state index contributed by atoms with van der Waals surface area (Å²) in [7, 11) is 0. The van der Waals surface area contributed by atoms with Crippen molar-refractivity contribution in [3.63, 3.8) is 0 Å². The highest BCUT2D eigenvalue weighted by molar-refractivity contribution is 6.33. The average Bonchev–Trinajstić information content (AvgIpc) is 2.42. The van der Waals surface area contributed by atoms with Crippen molar-refractivity contribution in [3.8, 4) is 11.5 Å². The molecule has 1 aromatic rings. The molecular formula is C14H20O5. The van der Waals surface area contributed by atoms with Crippen LogP contribution in [0.1, 0.15) is 37.0 Å². The van der Waals surface area contributed by atoms with Gasteiger partial charge in [0.2, 0.25) is 5.78 Å². The van der Waals surface area contributed by atoms with E-state index in [2.05, 4.69) is 0 Å². The number of rotatable bonds is 8. The number of ether oxygens (including phenoxy) is 2. The number of Topliss-reactive ketones (excluding diaryl/α,β-unsaturated/α-hetero) is 1. The van der Waals surface area contributed by atoms with Gasteiger partial charge in [-0.3, -0.25) is 9.59 Å². The van der Waals surface area contributed by atoms with Gasteiger partial charge in [0, 0.05) is 5.56 Å². The van der Waals surface area contributed by atoms with E-state index in [0.717, 1.165) is 12.8 Å². The van der Waals surface area contributed by atoms with E-state index in [4.69, 9.17) is 9.47 Å². The monoisotopic (exact) mass is 268 g/mol. The normalized spacial score (nSPS) is 9.37. The van der Waals surface area contributed by atoms with Crippen molar-refractivity contribution < 1.29 is 24.5 Å². The first-order valence-electron chi connectivity index (χ1n) is 6.12. The Morgan fingerprint density at radius 2 is 1.68 bits per heavy atom. The molecule has 1 aromatic carbocycles. The van der Waals surface area contributed by atoms with Gasteiger partial charge in [-0.05, 0) is 31.0 Å². The van der Waals surface area contributed by atoms with Crippen molar-refractivity contribution in [2.24, 2.45) is 0 Å². The van der Waals surface area contributed by atoms with Crippen LogP contribution < -0.4 is 9.47 Å². The quantitative estimate of drug-likeness (QED) is 0.409. The van der Waals surface area contributed by atoms with Gasteiger partial charge in [-0.15, -0.1) is 0 Å². The molecule has 106 valence electrons. The third-order valence-electron chi connectivity index (χ3n) is 2.26. The molecule has 0 saturated heterocycles. The molecule has 0 aliphatic carbocycles. The lowest BCUT2D eigenvalue weighted by molar-refractivity contribution is -0.104. The van der Waals surface area contributed by atoms with Crippen LogP contribution in [-0.2, 0) is 4.79 Å². The zero-order valence-electron chi connectivity index (χ0n) is 11.3. The molecule has 0 aliphatic heterocycles. The largest absolute Gasteiger partial charge is 0.490 e. The Morgan fingerprint density at radius 1 is 1.11 bits per heavy atom. The number of carbonyl (C=O) groups is 2. The predicted molar refractivity (Wildman–Crippen MR) is 72.0 cm³/mol. The predicted octanol–water partition coefficient (Wildman–Crippen LogP) is 1.82. The lowest BCUT2D eigenvalue weighted by atomic mass is 10.1. The van der Waals surface area contributed by atoms with E-state index in [1.807, 2.05) is 13.8 Å². The van der Waals surface area contributed by atoms with Crippen LogP contribution >= 0.6 is 0 Å². The maximum atomic E-state index is 11.3. The first kappa shape index (κ1) is 17.1. The third-order valence-corrected chi connectivity index (χ3v) is 2.26. The summed E-state index contributed by atoms with van der Waals surface area (Å²) in [6, 6.07) is 4.79. The summed E-state index contributed by atoms with van der Waals surface area (Å²) in [4.78, 5) is 21.8. The van der Waals surface area contributed by atoms with E-state index in [9.17, 15) is 9.59 Å². The van der Waals surface area contributed by atoms with Crippen LogP contribution in [0, 0.1) is 0 Å². The van der Waals surface area contributed by atoms with Gasteiger partial charge < -0.3 is 14.9 Å². The first-order valence-corrected chi connectivity index (χ1v) is 6.12. The van der Waals surface area contributed by atoms with Crippen molar-refractivity contribution >= 4 is 12.1 Å². The average molecular weight is 268 g/mol. The molecule has 0 heterocycles. The van der Waals surface area contributed by atoms with E-state index >= 15 is 0 Å². The van der Waals surface area contributed by atoms with Crippen LogP contribution in [0.3, 0.4) is 0 Å². The summed E-state index contributed by atoms with van der Waals surface area (Å²) in [6.07, 6.45) is 2.05. The molecule has 0 fully saturated rings. The Labute approximate surface area is 112 Å². The summed E-state index contributed by atoms with van der Waals surface area (Å²) in [5, 5.41) is 0. The Hall–Kier alpha value is -1.88. The molecule has 0 radical (unpaired) electrons. The molecule has 0 spiro atoms. The SMILES string of the molecule is CCCOc1ccc(C(=O)C=O)cc1OCCC.O. The fourth-order valence-electron chi connectivity index (χ4n) is 1.39. The number of ketones is 1. The van der Waals surface area contributed by atoms with Gasteiger partial charge in [0.1, 0.15) is 0 Å². The lowest BCUT2D eigenvalue weighted by Gasteiger charge is -2.12. The highest BCUT2D eigenvalue weighted by Crippen LogP contribution is 2.28. The molecule has 1 rings (SSSR count). The molecule has 5 heteroatoms. The fourth-order valence-corrected chi connectivity index (χ4v) is 1.39. The number of benzene rings is 1. The first-order chi connectivity index (χ1) is 8.72. The molecule has 0 amide bonds. The Balaban J connectivity index is 0.00000324. The van der Waals surface area contributed by atoms with Gasteiger partial charge in [-0.25, -0.2) is 0 Å². The number of hydrogen-bond acceptors (Lipinski definition) is 4. The van der Waals surface area contributed by atoms with Crippen molar-refractivity contribution in [3.05, 3.63) is 23.8 Å². The topological polar surface area (TPSA) is 84.1 Å². The Bertz CT molecular complexity index is 414. The van der Waals surface area contributed by atoms with Gasteiger partial charge in [-0.2, -0.15) is 0 Å². The summed E-state index contributed by atoms with van der Waals surface area (Å²) in [6.45, 7) is 5.13. The van der Waals surface area contributed by atoms with Crippen LogP contribution in [0.2, 0.25) is 0 Å². The van der Waals surface area contributed by atoms with Crippen LogP contribution in [0.5, 0.6) is 11.5 Å². The van der Waals surface area contributed by atoms with Crippen molar-refractivity contribution in [1.29, 1.82) is 0 Å². The van der Waals surface area contributed by atoms with Crippen LogP contribution in [0.15, 0.2) is 18.2 Å². The van der Waals surface area contributed by atoms with Crippen LogP contribution in [-0.4, -0.2) is 30.8 Å². The highest BCUT2D eigenvalue weighted by atomic mass is 16.5. The summed E-state index contributed by atoms with van der Waals surface area (Å²) >= 11 is 0. The minimum atomic E-state index is -0.557. The molecule has 5 nitrogen and oxygen atoms in total. The van der Waals surface area contributed by atoms with Gasteiger partial charge in [0.05, 0.1) is 13.2 Å². The number of aldehydes is 1. The summed E-state index contributed by atoms with van der Waals surface area (Å²) in [5.41, 5.74) is 0.319. The molecule has 19 heavy (non-hydrogen) atoms. The second-order valence-corrected chi connectivity index (χ2v) is 3.84. The number of carbonyl (C=O) groups excluding carboxylic acids is 2. The Kier molecular flexibility index (Phi) is 8.20. The van der Waals surface area contributed by atoms with E-state index in [0.29, 0.717) is 36.6 Å². The van der Waals surface area contributed by atoms with E-state index < -0.39 is 5.78 Å². The van der Waals surface area contributed by atoms with E-state index in [1.165, 1.54) is 0 Å². The number of hydrogen-bond donors (Lipinski definition) is 0. The van der Waals surface area contributed by atoms with Crippen molar-refractivity contribution in [2.45, 2.75) is 26.7 Å². The molecule has 2 N–H and O–H groups in total. The summed E-state index contributed by atoms with van der Waals surface area (Å²) < 4.78 is 11.1. The van der Waals surface area contributed by atoms with Crippen LogP contribution in [0.25, 0.3) is 0 Å². The zero-order valence-corrected chi connectivity index (χ0v) is 11.3. The zero-order chi connectivity index (χ0) is 13.4. The van der Waals surface area contributed by atoms with E-state index in [-0.39, 0.29) is 5.48 Å². The molecule has 0 unspecified atom stereocenters. The standard InChI is InChI=1S/C14H18O4.H2O/c1-3-7-17-13-6-5-11(12(16)10-15)9-14(13)18-8-4-2;/h5-6,9-10H,3-4,7-8H2,1-2H3;1H2. The van der Waals surface area contributed by atoms with Crippen molar-refractivity contribution in [2.75, 3.05) is 13.2 Å². The lowest BCUT2D eigenvalue weighted by Crippen LogP contribution is -2.04. The molecular weight excluding hydrogens is 248 g/mol. The fraction of sp³-hybridized carbons (Fsp3) is 0.429. The molecule has 0 saturated carbocycles. The van der Waals surface area contributed by atoms with Crippen molar-refractivity contribution in [1.82, 2.24) is 0 Å². The maximum absolute atomic E-state index is 11.3. The third kappa shape index (κ3) is 5.09. The van der Waals surface area contributed by atoms with Gasteiger partial charge in [-0.1, -0.05) is 13.8 Å². The second-order valence-electron chi connectivity index (χ2n) is 3.84.